The van der Waals surface area contributed by atoms with Crippen molar-refractivity contribution in [1.82, 2.24) is 10.2 Å². The topological polar surface area (TPSA) is 24.5 Å². The summed E-state index contributed by atoms with van der Waals surface area (Å²) in [4.78, 5) is 2.42. The van der Waals surface area contributed by atoms with Crippen LogP contribution < -0.4 is 5.32 Å². The van der Waals surface area contributed by atoms with Gasteiger partial charge in [0.1, 0.15) is 0 Å². The number of likely N-dealkylation sites (N-methyl/N-ethyl adjacent to an activating group) is 1. The molecule has 1 atom stereocenters. The van der Waals surface area contributed by atoms with Gasteiger partial charge in [-0.05, 0) is 32.0 Å². The standard InChI is InChI=1S/C18H32N2O/c1-5-12-19-15-18(2,17-10-7-6-8-11-17)16-20(3)13-9-14-21-4/h6-8,10-11,19H,5,9,12-16H2,1-4H3. The molecule has 0 bridgehead atoms. The van der Waals surface area contributed by atoms with Gasteiger partial charge in [0.2, 0.25) is 0 Å². The SMILES string of the molecule is CCCNCC(C)(CN(C)CCCOC)c1ccccc1. The maximum absolute atomic E-state index is 5.15. The number of ether oxygens (including phenoxy) is 1. The quantitative estimate of drug-likeness (QED) is 0.635. The van der Waals surface area contributed by atoms with Gasteiger partial charge in [0, 0.05) is 38.8 Å². The molecule has 21 heavy (non-hydrogen) atoms. The number of nitrogens with one attached hydrogen (secondary N) is 1. The van der Waals surface area contributed by atoms with Gasteiger partial charge in [-0.2, -0.15) is 0 Å². The number of nitrogens with zero attached hydrogens (tertiary/aromatic N) is 1. The minimum atomic E-state index is 0.137. The highest BCUT2D eigenvalue weighted by molar-refractivity contribution is 5.25. The molecule has 1 unspecified atom stereocenters. The molecule has 120 valence electrons. The molecule has 0 aliphatic heterocycles. The highest BCUT2D eigenvalue weighted by Gasteiger charge is 2.27. The van der Waals surface area contributed by atoms with E-state index in [4.69, 9.17) is 4.74 Å². The van der Waals surface area contributed by atoms with Crippen molar-refractivity contribution in [2.24, 2.45) is 0 Å². The molecule has 0 aromatic heterocycles. The smallest absolute Gasteiger partial charge is 0.0474 e. The van der Waals surface area contributed by atoms with Crippen LogP contribution in [0.4, 0.5) is 0 Å². The second-order valence-corrected chi connectivity index (χ2v) is 6.19. The molecule has 0 radical (unpaired) electrons. The molecule has 0 fully saturated rings. The van der Waals surface area contributed by atoms with Crippen LogP contribution in [0.2, 0.25) is 0 Å². The molecule has 1 aromatic carbocycles. The molecule has 0 amide bonds. The first kappa shape index (κ1) is 18.1. The molecular weight excluding hydrogens is 260 g/mol. The molecule has 0 saturated carbocycles. The van der Waals surface area contributed by atoms with E-state index in [2.05, 4.69) is 61.4 Å². The van der Waals surface area contributed by atoms with Gasteiger partial charge < -0.3 is 15.0 Å². The van der Waals surface area contributed by atoms with E-state index < -0.39 is 0 Å². The minimum Gasteiger partial charge on any atom is -0.385 e. The van der Waals surface area contributed by atoms with Crippen LogP contribution in [0, 0.1) is 0 Å². The number of hydrogen-bond donors (Lipinski definition) is 1. The van der Waals surface area contributed by atoms with Gasteiger partial charge in [0.15, 0.2) is 0 Å². The van der Waals surface area contributed by atoms with Crippen LogP contribution >= 0.6 is 0 Å². The van der Waals surface area contributed by atoms with E-state index >= 15 is 0 Å². The van der Waals surface area contributed by atoms with Gasteiger partial charge >= 0.3 is 0 Å². The van der Waals surface area contributed by atoms with E-state index in [9.17, 15) is 0 Å². The predicted octanol–water partition coefficient (Wildman–Crippen LogP) is 2.91. The fourth-order valence-electron chi connectivity index (χ4n) is 2.78. The fraction of sp³-hybridized carbons (Fsp3) is 0.667. The average Bonchev–Trinajstić information content (AvgIpc) is 2.48. The van der Waals surface area contributed by atoms with Crippen LogP contribution in [0.5, 0.6) is 0 Å². The molecule has 0 saturated heterocycles. The van der Waals surface area contributed by atoms with Crippen LogP contribution in [0.15, 0.2) is 30.3 Å². The highest BCUT2D eigenvalue weighted by Crippen LogP contribution is 2.24. The zero-order chi connectivity index (χ0) is 15.6. The number of methoxy groups -OCH3 is 1. The van der Waals surface area contributed by atoms with E-state index in [0.29, 0.717) is 0 Å². The third-order valence-corrected chi connectivity index (χ3v) is 3.92. The average molecular weight is 292 g/mol. The van der Waals surface area contributed by atoms with E-state index in [1.807, 2.05) is 0 Å². The summed E-state index contributed by atoms with van der Waals surface area (Å²) >= 11 is 0. The van der Waals surface area contributed by atoms with Crippen molar-refractivity contribution in [3.63, 3.8) is 0 Å². The van der Waals surface area contributed by atoms with Crippen molar-refractivity contribution in [2.45, 2.75) is 32.1 Å². The van der Waals surface area contributed by atoms with Gasteiger partial charge in [0.05, 0.1) is 0 Å². The fourth-order valence-corrected chi connectivity index (χ4v) is 2.78. The highest BCUT2D eigenvalue weighted by atomic mass is 16.5. The Labute approximate surface area is 130 Å². The summed E-state index contributed by atoms with van der Waals surface area (Å²) in [5.74, 6) is 0. The lowest BCUT2D eigenvalue weighted by molar-refractivity contribution is 0.170. The Morgan fingerprint density at radius 1 is 1.24 bits per heavy atom. The van der Waals surface area contributed by atoms with Gasteiger partial charge in [-0.1, -0.05) is 44.2 Å². The van der Waals surface area contributed by atoms with Crippen molar-refractivity contribution in [1.29, 1.82) is 0 Å². The maximum Gasteiger partial charge on any atom is 0.0474 e. The summed E-state index contributed by atoms with van der Waals surface area (Å²) in [6.45, 7) is 9.62. The molecular formula is C18H32N2O. The lowest BCUT2D eigenvalue weighted by Crippen LogP contribution is -2.44. The van der Waals surface area contributed by atoms with E-state index in [0.717, 1.165) is 39.2 Å². The molecule has 1 rings (SSSR count). The van der Waals surface area contributed by atoms with Crippen molar-refractivity contribution >= 4 is 0 Å². The Morgan fingerprint density at radius 3 is 2.57 bits per heavy atom. The molecule has 3 heteroatoms. The van der Waals surface area contributed by atoms with Gasteiger partial charge in [-0.15, -0.1) is 0 Å². The van der Waals surface area contributed by atoms with Crippen LogP contribution in [-0.4, -0.2) is 51.8 Å². The number of rotatable bonds is 11. The summed E-state index contributed by atoms with van der Waals surface area (Å²) in [5, 5.41) is 3.60. The first-order valence-corrected chi connectivity index (χ1v) is 8.06. The predicted molar refractivity (Wildman–Crippen MR) is 90.9 cm³/mol. The van der Waals surface area contributed by atoms with Crippen molar-refractivity contribution in [3.05, 3.63) is 35.9 Å². The molecule has 1 N–H and O–H groups in total. The summed E-state index contributed by atoms with van der Waals surface area (Å²) in [6.07, 6.45) is 2.26. The second-order valence-electron chi connectivity index (χ2n) is 6.19. The Morgan fingerprint density at radius 2 is 1.95 bits per heavy atom. The third-order valence-electron chi connectivity index (χ3n) is 3.92. The van der Waals surface area contributed by atoms with Crippen molar-refractivity contribution in [2.75, 3.05) is 46.9 Å². The zero-order valence-corrected chi connectivity index (χ0v) is 14.2. The minimum absolute atomic E-state index is 0.137. The summed E-state index contributed by atoms with van der Waals surface area (Å²) in [6, 6.07) is 10.9. The maximum atomic E-state index is 5.15. The number of hydrogen-bond acceptors (Lipinski definition) is 3. The van der Waals surface area contributed by atoms with E-state index in [1.54, 1.807) is 7.11 Å². The molecule has 0 aliphatic rings. The van der Waals surface area contributed by atoms with Gasteiger partial charge in [-0.25, -0.2) is 0 Å². The summed E-state index contributed by atoms with van der Waals surface area (Å²) in [5.41, 5.74) is 1.55. The lowest BCUT2D eigenvalue weighted by atomic mass is 9.81. The largest absolute Gasteiger partial charge is 0.385 e. The Kier molecular flexibility index (Phi) is 8.58. The number of benzene rings is 1. The first-order valence-electron chi connectivity index (χ1n) is 8.06. The first-order chi connectivity index (χ1) is 10.1. The van der Waals surface area contributed by atoms with Crippen LogP contribution in [0.1, 0.15) is 32.3 Å². The normalized spacial score (nSPS) is 14.3. The van der Waals surface area contributed by atoms with Gasteiger partial charge in [0.25, 0.3) is 0 Å². The monoisotopic (exact) mass is 292 g/mol. The van der Waals surface area contributed by atoms with Gasteiger partial charge in [-0.3, -0.25) is 0 Å². The summed E-state index contributed by atoms with van der Waals surface area (Å²) < 4.78 is 5.15. The van der Waals surface area contributed by atoms with Crippen molar-refractivity contribution < 1.29 is 4.74 Å². The molecule has 3 nitrogen and oxygen atoms in total. The molecule has 1 aromatic rings. The zero-order valence-electron chi connectivity index (χ0n) is 14.2. The Balaban J connectivity index is 2.67. The van der Waals surface area contributed by atoms with Crippen LogP contribution in [0.3, 0.4) is 0 Å². The van der Waals surface area contributed by atoms with E-state index in [-0.39, 0.29) is 5.41 Å². The Hall–Kier alpha value is -0.900. The summed E-state index contributed by atoms with van der Waals surface area (Å²) in [7, 11) is 3.97. The second kappa shape index (κ2) is 9.93. The third kappa shape index (κ3) is 6.60. The lowest BCUT2D eigenvalue weighted by Gasteiger charge is -2.35. The molecule has 0 heterocycles. The molecule has 0 aliphatic carbocycles. The van der Waals surface area contributed by atoms with Crippen LogP contribution in [0.25, 0.3) is 0 Å². The Bertz CT molecular complexity index is 369. The van der Waals surface area contributed by atoms with Crippen LogP contribution in [-0.2, 0) is 10.2 Å². The molecule has 0 spiro atoms. The van der Waals surface area contributed by atoms with Crippen molar-refractivity contribution in [3.8, 4) is 0 Å². The van der Waals surface area contributed by atoms with E-state index in [1.165, 1.54) is 12.0 Å².